The number of hydrogen-bond donors (Lipinski definition) is 0. The molecule has 0 heteroatoms. The maximum Gasteiger partial charge on any atom is 0.0155 e. The van der Waals surface area contributed by atoms with Crippen molar-refractivity contribution in [2.24, 2.45) is 29.1 Å². The molecule has 0 aromatic carbocycles. The van der Waals surface area contributed by atoms with Gasteiger partial charge in [0.15, 0.2) is 0 Å². The molecule has 60 valence electrons. The first-order valence-electron chi connectivity index (χ1n) is 4.90. The van der Waals surface area contributed by atoms with Gasteiger partial charge in [0, 0.05) is 11.3 Å². The molecule has 0 aromatic rings. The van der Waals surface area contributed by atoms with Crippen LogP contribution in [0, 0.1) is 29.1 Å². The van der Waals surface area contributed by atoms with Gasteiger partial charge in [-0.3, -0.25) is 0 Å². The van der Waals surface area contributed by atoms with Crippen molar-refractivity contribution in [2.45, 2.75) is 6.92 Å². The third-order valence-electron chi connectivity index (χ3n) is 4.37. The zero-order chi connectivity index (χ0) is 7.92. The Balaban J connectivity index is 1.98. The first-order chi connectivity index (χ1) is 5.84. The Kier molecular flexibility index (Phi) is 0.660. The van der Waals surface area contributed by atoms with E-state index < -0.39 is 0 Å². The lowest BCUT2D eigenvalue weighted by molar-refractivity contribution is 0.556. The van der Waals surface area contributed by atoms with E-state index in [1.807, 2.05) is 0 Å². The number of hydrogen-bond acceptors (Lipinski definition) is 0. The highest BCUT2D eigenvalue weighted by molar-refractivity contribution is 5.51. The first-order valence-corrected chi connectivity index (χ1v) is 4.90. The van der Waals surface area contributed by atoms with Crippen LogP contribution in [0.1, 0.15) is 6.92 Å². The Morgan fingerprint density at radius 2 is 2.08 bits per heavy atom. The van der Waals surface area contributed by atoms with Gasteiger partial charge < -0.3 is 0 Å². The molecule has 12 heavy (non-hydrogen) atoms. The molecule has 1 spiro atoms. The van der Waals surface area contributed by atoms with E-state index in [1.54, 1.807) is 5.57 Å². The van der Waals surface area contributed by atoms with E-state index in [0.717, 1.165) is 17.8 Å². The van der Waals surface area contributed by atoms with E-state index in [9.17, 15) is 0 Å². The summed E-state index contributed by atoms with van der Waals surface area (Å²) in [7, 11) is 0. The molecule has 0 nitrogen and oxygen atoms in total. The first kappa shape index (κ1) is 5.80. The van der Waals surface area contributed by atoms with Crippen LogP contribution >= 0.6 is 0 Å². The van der Waals surface area contributed by atoms with E-state index in [1.165, 1.54) is 0 Å². The van der Waals surface area contributed by atoms with Crippen molar-refractivity contribution in [3.05, 3.63) is 36.0 Å². The van der Waals surface area contributed by atoms with Gasteiger partial charge in [-0.15, -0.1) is 0 Å². The smallest absolute Gasteiger partial charge is 0.0155 e. The summed E-state index contributed by atoms with van der Waals surface area (Å²) in [5.41, 5.74) is 2.21. The van der Waals surface area contributed by atoms with E-state index in [4.69, 9.17) is 0 Å². The zero-order valence-corrected chi connectivity index (χ0v) is 7.20. The van der Waals surface area contributed by atoms with Gasteiger partial charge in [-0.1, -0.05) is 36.0 Å². The molecule has 4 rings (SSSR count). The minimum absolute atomic E-state index is 0.626. The van der Waals surface area contributed by atoms with E-state index in [-0.39, 0.29) is 0 Å². The van der Waals surface area contributed by atoms with Crippen LogP contribution in [0.5, 0.6) is 0 Å². The molecule has 0 N–H and O–H groups in total. The van der Waals surface area contributed by atoms with Crippen LogP contribution in [0.25, 0.3) is 0 Å². The molecule has 0 radical (unpaired) electrons. The average Bonchev–Trinajstić information content (AvgIpc) is 2.80. The molecule has 2 saturated carbocycles. The van der Waals surface area contributed by atoms with E-state index >= 15 is 0 Å². The third kappa shape index (κ3) is 0.385. The van der Waals surface area contributed by atoms with Gasteiger partial charge in [-0.2, -0.15) is 0 Å². The van der Waals surface area contributed by atoms with Gasteiger partial charge in [0.2, 0.25) is 0 Å². The van der Waals surface area contributed by atoms with Crippen molar-refractivity contribution in [2.75, 3.05) is 0 Å². The Bertz CT molecular complexity index is 358. The highest BCUT2D eigenvalue weighted by Gasteiger charge is 2.83. The van der Waals surface area contributed by atoms with Crippen molar-refractivity contribution in [1.29, 1.82) is 0 Å². The molecule has 4 aliphatic rings. The molecule has 0 saturated heterocycles. The van der Waals surface area contributed by atoms with Crippen molar-refractivity contribution in [3.63, 3.8) is 0 Å². The third-order valence-corrected chi connectivity index (χ3v) is 4.37. The Hall–Kier alpha value is -0.780. The normalized spacial score (nSPS) is 61.9. The fourth-order valence-electron chi connectivity index (χ4n) is 3.44. The Morgan fingerprint density at radius 3 is 3.00 bits per heavy atom. The fourth-order valence-corrected chi connectivity index (χ4v) is 3.44. The summed E-state index contributed by atoms with van der Waals surface area (Å²) < 4.78 is 0. The minimum atomic E-state index is 0.626. The van der Waals surface area contributed by atoms with Crippen LogP contribution in [-0.2, 0) is 0 Å². The van der Waals surface area contributed by atoms with Crippen LogP contribution in [-0.4, -0.2) is 0 Å². The molecular weight excluding hydrogens is 144 g/mol. The molecule has 0 aromatic heterocycles. The largest absolute Gasteiger partial charge is 0.0833 e. The molecule has 0 amide bonds. The SMILES string of the molecule is CC1=CC2C3C4C=CC1C=CC423. The van der Waals surface area contributed by atoms with Crippen LogP contribution in [0.4, 0.5) is 0 Å². The number of allylic oxidation sites excluding steroid dienone is 6. The van der Waals surface area contributed by atoms with Crippen LogP contribution < -0.4 is 0 Å². The molecule has 0 aliphatic heterocycles. The molecule has 2 bridgehead atoms. The lowest BCUT2D eigenvalue weighted by Crippen LogP contribution is -2.05. The van der Waals surface area contributed by atoms with E-state index in [0.29, 0.717) is 11.3 Å². The lowest BCUT2D eigenvalue weighted by Gasteiger charge is -2.14. The highest BCUT2D eigenvalue weighted by atomic mass is 14.9. The standard InChI is InChI=1S/C12H12/c1-7-6-10-11-9-3-2-8(7)4-5-12(9,10)11/h2-6,8-11H,1H3. The maximum absolute atomic E-state index is 2.52. The van der Waals surface area contributed by atoms with E-state index in [2.05, 4.69) is 37.3 Å². The Morgan fingerprint density at radius 1 is 1.17 bits per heavy atom. The maximum atomic E-state index is 2.52. The molecule has 0 heterocycles. The topological polar surface area (TPSA) is 0 Å². The van der Waals surface area contributed by atoms with Crippen LogP contribution in [0.3, 0.4) is 0 Å². The summed E-state index contributed by atoms with van der Waals surface area (Å²) in [6.45, 7) is 2.27. The lowest BCUT2D eigenvalue weighted by atomic mass is 9.91. The number of rotatable bonds is 0. The van der Waals surface area contributed by atoms with Crippen molar-refractivity contribution in [1.82, 2.24) is 0 Å². The summed E-state index contributed by atoms with van der Waals surface area (Å²) in [6.07, 6.45) is 12.3. The van der Waals surface area contributed by atoms with Gasteiger partial charge in [0.1, 0.15) is 0 Å². The van der Waals surface area contributed by atoms with Crippen molar-refractivity contribution >= 4 is 0 Å². The second kappa shape index (κ2) is 1.37. The monoisotopic (exact) mass is 156 g/mol. The molecule has 2 fully saturated rings. The van der Waals surface area contributed by atoms with Crippen LogP contribution in [0.2, 0.25) is 0 Å². The minimum Gasteiger partial charge on any atom is -0.0833 e. The zero-order valence-electron chi connectivity index (χ0n) is 7.20. The molecule has 5 atom stereocenters. The highest BCUT2D eigenvalue weighted by Crippen LogP contribution is 2.86. The Labute approximate surface area is 72.7 Å². The van der Waals surface area contributed by atoms with Gasteiger partial charge in [0.05, 0.1) is 0 Å². The predicted molar refractivity (Wildman–Crippen MR) is 48.4 cm³/mol. The average molecular weight is 156 g/mol. The summed E-state index contributed by atoms with van der Waals surface area (Å²) >= 11 is 0. The molecular formula is C12H12. The van der Waals surface area contributed by atoms with Crippen LogP contribution in [0.15, 0.2) is 36.0 Å². The second-order valence-corrected chi connectivity index (χ2v) is 4.76. The van der Waals surface area contributed by atoms with Gasteiger partial charge in [-0.25, -0.2) is 0 Å². The molecule has 5 unspecified atom stereocenters. The summed E-state index contributed by atoms with van der Waals surface area (Å²) in [5, 5.41) is 0. The van der Waals surface area contributed by atoms with Gasteiger partial charge in [-0.05, 0) is 24.7 Å². The summed E-state index contributed by atoms with van der Waals surface area (Å²) in [5.74, 6) is 3.48. The summed E-state index contributed by atoms with van der Waals surface area (Å²) in [4.78, 5) is 0. The van der Waals surface area contributed by atoms with Crippen molar-refractivity contribution < 1.29 is 0 Å². The summed E-state index contributed by atoms with van der Waals surface area (Å²) in [6, 6.07) is 0. The number of fused-ring (bicyclic) bond motifs is 3. The fraction of sp³-hybridized carbons (Fsp3) is 0.500. The quantitative estimate of drug-likeness (QED) is 0.473. The van der Waals surface area contributed by atoms with Gasteiger partial charge in [0.25, 0.3) is 0 Å². The second-order valence-electron chi connectivity index (χ2n) is 4.76. The van der Waals surface area contributed by atoms with Gasteiger partial charge >= 0.3 is 0 Å². The molecule has 4 aliphatic carbocycles. The van der Waals surface area contributed by atoms with Crippen molar-refractivity contribution in [3.8, 4) is 0 Å². The predicted octanol–water partition coefficient (Wildman–Crippen LogP) is 2.55.